The van der Waals surface area contributed by atoms with Crippen molar-refractivity contribution in [3.63, 3.8) is 0 Å². The van der Waals surface area contributed by atoms with E-state index in [1.165, 1.54) is 0 Å². The zero-order valence-electron chi connectivity index (χ0n) is 19.9. The van der Waals surface area contributed by atoms with Crippen LogP contribution in [0.4, 0.5) is 11.5 Å². The van der Waals surface area contributed by atoms with E-state index in [0.29, 0.717) is 29.1 Å². The molecule has 0 amide bonds. The standard InChI is InChI=1S/C27H29N5O3/c1-15-11-19(16(2)29-20-9-5-3-7-17(20)27(34)35)25-21(12-15)30-22(13-28)26(31-25)32-14-24(33)18-8-4-6-10-23(18)32/h3,5,7,9,11-12,16,18,23-24,29,33H,4,6,8,10,14H2,1-2H3,(H,34,35)/t16-,18?,23?,24?/m1/s1. The fraction of sp³-hybridized carbons (Fsp3) is 0.407. The molecule has 0 radical (unpaired) electrons. The number of aromatic carboxylic acids is 1. The van der Waals surface area contributed by atoms with Crippen LogP contribution in [0.1, 0.15) is 65.8 Å². The van der Waals surface area contributed by atoms with Crippen LogP contribution in [-0.4, -0.2) is 44.8 Å². The van der Waals surface area contributed by atoms with Crippen molar-refractivity contribution in [1.82, 2.24) is 9.97 Å². The molecule has 4 atom stereocenters. The summed E-state index contributed by atoms with van der Waals surface area (Å²) in [5.41, 5.74) is 4.14. The van der Waals surface area contributed by atoms with Gasteiger partial charge in [0.1, 0.15) is 6.07 Å². The minimum atomic E-state index is -0.996. The van der Waals surface area contributed by atoms with E-state index in [9.17, 15) is 20.3 Å². The van der Waals surface area contributed by atoms with Crippen LogP contribution >= 0.6 is 0 Å². The molecule has 3 aromatic rings. The van der Waals surface area contributed by atoms with Crippen LogP contribution in [0.25, 0.3) is 11.0 Å². The molecule has 2 aromatic carbocycles. The minimum Gasteiger partial charge on any atom is -0.478 e. The Morgan fingerprint density at radius 2 is 2.00 bits per heavy atom. The molecule has 3 unspecified atom stereocenters. The maximum absolute atomic E-state index is 11.7. The lowest BCUT2D eigenvalue weighted by molar-refractivity contribution is 0.0698. The van der Waals surface area contributed by atoms with Gasteiger partial charge >= 0.3 is 5.97 Å². The lowest BCUT2D eigenvalue weighted by Gasteiger charge is -2.32. The van der Waals surface area contributed by atoms with E-state index in [0.717, 1.165) is 36.8 Å². The molecule has 0 spiro atoms. The largest absolute Gasteiger partial charge is 0.478 e. The summed E-state index contributed by atoms with van der Waals surface area (Å²) in [5, 5.41) is 33.5. The van der Waals surface area contributed by atoms with E-state index in [1.54, 1.807) is 24.3 Å². The number of anilines is 2. The molecule has 1 aromatic heterocycles. The van der Waals surface area contributed by atoms with Gasteiger partial charge in [0.25, 0.3) is 0 Å². The molecule has 8 nitrogen and oxygen atoms in total. The molecule has 1 saturated carbocycles. The molecule has 1 aliphatic heterocycles. The first-order chi connectivity index (χ1) is 16.9. The van der Waals surface area contributed by atoms with E-state index in [2.05, 4.69) is 21.3 Å². The Bertz CT molecular complexity index is 1330. The van der Waals surface area contributed by atoms with Gasteiger partial charge in [-0.3, -0.25) is 0 Å². The second kappa shape index (κ2) is 9.16. The molecule has 2 fully saturated rings. The number of aliphatic hydroxyl groups excluding tert-OH is 1. The fourth-order valence-corrected chi connectivity index (χ4v) is 5.73. The summed E-state index contributed by atoms with van der Waals surface area (Å²) >= 11 is 0. The average molecular weight is 472 g/mol. The van der Waals surface area contributed by atoms with E-state index in [-0.39, 0.29) is 29.3 Å². The van der Waals surface area contributed by atoms with E-state index < -0.39 is 12.1 Å². The van der Waals surface area contributed by atoms with Crippen molar-refractivity contribution in [2.24, 2.45) is 5.92 Å². The molecule has 2 heterocycles. The smallest absolute Gasteiger partial charge is 0.337 e. The summed E-state index contributed by atoms with van der Waals surface area (Å²) in [6, 6.07) is 12.9. The molecule has 2 aliphatic rings. The van der Waals surface area contributed by atoms with Crippen molar-refractivity contribution >= 4 is 28.5 Å². The van der Waals surface area contributed by atoms with Crippen LogP contribution in [0.3, 0.4) is 0 Å². The number of fused-ring (bicyclic) bond motifs is 2. The van der Waals surface area contributed by atoms with Gasteiger partial charge in [0.2, 0.25) is 0 Å². The number of aliphatic hydroxyl groups is 1. The monoisotopic (exact) mass is 471 g/mol. The Labute approximate surface area is 204 Å². The number of nitrogens with one attached hydrogen (secondary N) is 1. The topological polar surface area (TPSA) is 122 Å². The third kappa shape index (κ3) is 4.17. The summed E-state index contributed by atoms with van der Waals surface area (Å²) in [5.74, 6) is -0.278. The lowest BCUT2D eigenvalue weighted by Crippen LogP contribution is -2.36. The lowest BCUT2D eigenvalue weighted by atomic mass is 9.84. The van der Waals surface area contributed by atoms with Gasteiger partial charge in [0.05, 0.1) is 28.7 Å². The van der Waals surface area contributed by atoms with Crippen molar-refractivity contribution in [2.45, 2.75) is 57.7 Å². The number of para-hydroxylation sites is 1. The molecule has 35 heavy (non-hydrogen) atoms. The highest BCUT2D eigenvalue weighted by atomic mass is 16.4. The van der Waals surface area contributed by atoms with Gasteiger partial charge in [-0.25, -0.2) is 14.8 Å². The predicted molar refractivity (Wildman–Crippen MR) is 134 cm³/mol. The Morgan fingerprint density at radius 1 is 1.23 bits per heavy atom. The Morgan fingerprint density at radius 3 is 2.77 bits per heavy atom. The number of β-amino-alcohol motifs (C(OH)–C–C–N with tert-alkyl or cyclic N) is 1. The van der Waals surface area contributed by atoms with Gasteiger partial charge in [-0.15, -0.1) is 0 Å². The highest BCUT2D eigenvalue weighted by Crippen LogP contribution is 2.40. The Balaban J connectivity index is 1.59. The van der Waals surface area contributed by atoms with E-state index in [1.807, 2.05) is 26.0 Å². The maximum Gasteiger partial charge on any atom is 0.337 e. The summed E-state index contributed by atoms with van der Waals surface area (Å²) in [7, 11) is 0. The first-order valence-corrected chi connectivity index (χ1v) is 12.1. The highest BCUT2D eigenvalue weighted by Gasteiger charge is 2.43. The number of benzene rings is 2. The first kappa shape index (κ1) is 23.1. The average Bonchev–Trinajstić information content (AvgIpc) is 3.19. The van der Waals surface area contributed by atoms with Gasteiger partial charge < -0.3 is 20.4 Å². The van der Waals surface area contributed by atoms with Crippen molar-refractivity contribution in [1.29, 1.82) is 5.26 Å². The SMILES string of the molecule is Cc1cc([C@@H](C)Nc2ccccc2C(=O)O)c2nc(N3CC(O)C4CCCCC43)c(C#N)nc2c1. The normalized spacial score (nSPS) is 22.5. The predicted octanol–water partition coefficient (Wildman–Crippen LogP) is 4.42. The highest BCUT2D eigenvalue weighted by molar-refractivity contribution is 5.94. The number of carboxylic acid groups (broad SMARTS) is 1. The van der Waals surface area contributed by atoms with Crippen LogP contribution in [-0.2, 0) is 0 Å². The van der Waals surface area contributed by atoms with Crippen LogP contribution in [0.5, 0.6) is 0 Å². The first-order valence-electron chi connectivity index (χ1n) is 12.1. The second-order valence-corrected chi connectivity index (χ2v) is 9.68. The number of nitrogens with zero attached hydrogens (tertiary/aromatic N) is 4. The molecule has 3 N–H and O–H groups in total. The molecule has 5 rings (SSSR count). The van der Waals surface area contributed by atoms with Crippen LogP contribution in [0, 0.1) is 24.2 Å². The summed E-state index contributed by atoms with van der Waals surface area (Å²) in [6.07, 6.45) is 3.73. The third-order valence-corrected chi connectivity index (χ3v) is 7.36. The van der Waals surface area contributed by atoms with Gasteiger partial charge in [-0.1, -0.05) is 31.0 Å². The van der Waals surface area contributed by atoms with Crippen LogP contribution in [0.2, 0.25) is 0 Å². The number of aromatic nitrogens is 2. The number of carbonyl (C=O) groups is 1. The zero-order chi connectivity index (χ0) is 24.7. The fourth-order valence-electron chi connectivity index (χ4n) is 5.73. The van der Waals surface area contributed by atoms with Crippen molar-refractivity contribution < 1.29 is 15.0 Å². The van der Waals surface area contributed by atoms with Crippen LogP contribution in [0.15, 0.2) is 36.4 Å². The summed E-state index contributed by atoms with van der Waals surface area (Å²) < 4.78 is 0. The van der Waals surface area contributed by atoms with E-state index >= 15 is 0 Å². The molecule has 1 saturated heterocycles. The second-order valence-electron chi connectivity index (χ2n) is 9.68. The summed E-state index contributed by atoms with van der Waals surface area (Å²) in [4.78, 5) is 23.5. The maximum atomic E-state index is 11.7. The van der Waals surface area contributed by atoms with Gasteiger partial charge in [0.15, 0.2) is 11.5 Å². The van der Waals surface area contributed by atoms with Crippen molar-refractivity contribution in [3.05, 3.63) is 58.8 Å². The summed E-state index contributed by atoms with van der Waals surface area (Å²) in [6.45, 7) is 4.38. The molecular formula is C27H29N5O3. The van der Waals surface area contributed by atoms with Gasteiger partial charge in [-0.2, -0.15) is 5.26 Å². The molecule has 180 valence electrons. The molecular weight excluding hydrogens is 442 g/mol. The molecule has 1 aliphatic carbocycles. The number of nitriles is 1. The third-order valence-electron chi connectivity index (χ3n) is 7.36. The number of rotatable bonds is 5. The van der Waals surface area contributed by atoms with Crippen molar-refractivity contribution in [2.75, 3.05) is 16.8 Å². The Kier molecular flexibility index (Phi) is 6.03. The molecule has 0 bridgehead atoms. The van der Waals surface area contributed by atoms with Crippen molar-refractivity contribution in [3.8, 4) is 6.07 Å². The number of hydrogen-bond acceptors (Lipinski definition) is 7. The Hall–Kier alpha value is -3.70. The zero-order valence-corrected chi connectivity index (χ0v) is 19.9. The van der Waals surface area contributed by atoms with Gasteiger partial charge in [-0.05, 0) is 50.5 Å². The number of hydrogen-bond donors (Lipinski definition) is 3. The quantitative estimate of drug-likeness (QED) is 0.500. The number of aryl methyl sites for hydroxylation is 1. The van der Waals surface area contributed by atoms with Gasteiger partial charge in [0, 0.05) is 29.8 Å². The minimum absolute atomic E-state index is 0.157. The van der Waals surface area contributed by atoms with Crippen LogP contribution < -0.4 is 10.2 Å². The van der Waals surface area contributed by atoms with E-state index in [4.69, 9.17) is 4.98 Å². The number of carboxylic acids is 1. The molecule has 8 heteroatoms.